The SMILES string of the molecule is COc1ccc(CN(c2ncns2)S(=O)(=O)c2ccc3c(Br)cn(C)c3c2)c(OC)c1. The quantitative estimate of drug-likeness (QED) is 0.361. The molecule has 2 aromatic heterocycles. The van der Waals surface area contributed by atoms with E-state index in [1.807, 2.05) is 17.8 Å². The fourth-order valence-corrected chi connectivity index (χ4v) is 6.06. The first kappa shape index (κ1) is 21.6. The number of sulfonamides is 1. The van der Waals surface area contributed by atoms with Crippen LogP contribution in [0.3, 0.4) is 0 Å². The van der Waals surface area contributed by atoms with Crippen molar-refractivity contribution >= 4 is 53.5 Å². The number of nitrogens with zero attached hydrogens (tertiary/aromatic N) is 4. The van der Waals surface area contributed by atoms with Crippen molar-refractivity contribution in [3.63, 3.8) is 0 Å². The van der Waals surface area contributed by atoms with Gasteiger partial charge in [-0.1, -0.05) is 6.07 Å². The lowest BCUT2D eigenvalue weighted by molar-refractivity contribution is 0.391. The Bertz CT molecular complexity index is 1340. The van der Waals surface area contributed by atoms with Crippen molar-refractivity contribution in [2.45, 2.75) is 11.4 Å². The van der Waals surface area contributed by atoms with Crippen LogP contribution in [0.4, 0.5) is 5.13 Å². The summed E-state index contributed by atoms with van der Waals surface area (Å²) in [6, 6.07) is 10.3. The molecular weight excluding hydrogens is 504 g/mol. The third-order valence-corrected chi connectivity index (χ3v) is 8.04. The maximum Gasteiger partial charge on any atom is 0.266 e. The third kappa shape index (κ3) is 4.00. The molecule has 0 bridgehead atoms. The molecule has 4 rings (SSSR count). The maximum absolute atomic E-state index is 13.7. The van der Waals surface area contributed by atoms with E-state index in [1.165, 1.54) is 17.7 Å². The number of aromatic nitrogens is 3. The van der Waals surface area contributed by atoms with Crippen LogP contribution in [0.25, 0.3) is 10.9 Å². The van der Waals surface area contributed by atoms with Gasteiger partial charge in [-0.05, 0) is 40.2 Å². The molecule has 2 heterocycles. The monoisotopic (exact) mass is 522 g/mol. The molecule has 0 aliphatic rings. The predicted octanol–water partition coefficient (Wildman–Crippen LogP) is 4.21. The Kier molecular flexibility index (Phi) is 5.91. The Hall–Kier alpha value is -2.63. The van der Waals surface area contributed by atoms with Crippen LogP contribution in [0.5, 0.6) is 11.5 Å². The van der Waals surface area contributed by atoms with Gasteiger partial charge in [-0.15, -0.1) is 0 Å². The second-order valence-electron chi connectivity index (χ2n) is 6.68. The number of anilines is 1. The van der Waals surface area contributed by atoms with Gasteiger partial charge in [-0.25, -0.2) is 17.7 Å². The third-order valence-electron chi connectivity index (χ3n) is 4.87. The molecule has 4 aromatic rings. The van der Waals surface area contributed by atoms with E-state index in [9.17, 15) is 8.42 Å². The van der Waals surface area contributed by atoms with E-state index < -0.39 is 10.0 Å². The van der Waals surface area contributed by atoms with E-state index in [1.54, 1.807) is 43.5 Å². The largest absolute Gasteiger partial charge is 0.497 e. The van der Waals surface area contributed by atoms with Gasteiger partial charge in [0.05, 0.1) is 31.2 Å². The van der Waals surface area contributed by atoms with E-state index in [0.717, 1.165) is 26.9 Å². The number of fused-ring (bicyclic) bond motifs is 1. The van der Waals surface area contributed by atoms with Crippen molar-refractivity contribution in [2.75, 3.05) is 18.5 Å². The summed E-state index contributed by atoms with van der Waals surface area (Å²) in [5.41, 5.74) is 1.47. The Morgan fingerprint density at radius 3 is 2.65 bits per heavy atom. The van der Waals surface area contributed by atoms with Crippen LogP contribution in [0, 0.1) is 0 Å². The Morgan fingerprint density at radius 1 is 1.16 bits per heavy atom. The molecular formula is C20H19BrN4O4S2. The second-order valence-corrected chi connectivity index (χ2v) is 10.2. The molecule has 0 saturated carbocycles. The minimum atomic E-state index is -3.94. The fraction of sp³-hybridized carbons (Fsp3) is 0.200. The minimum absolute atomic E-state index is 0.0273. The van der Waals surface area contributed by atoms with Crippen LogP contribution < -0.4 is 13.8 Å². The summed E-state index contributed by atoms with van der Waals surface area (Å²) >= 11 is 4.51. The molecule has 0 saturated heterocycles. The van der Waals surface area contributed by atoms with Gasteiger partial charge in [-0.3, -0.25) is 0 Å². The molecule has 0 unspecified atom stereocenters. The Labute approximate surface area is 192 Å². The Balaban J connectivity index is 1.81. The summed E-state index contributed by atoms with van der Waals surface area (Å²) in [4.78, 5) is 4.32. The van der Waals surface area contributed by atoms with Crippen LogP contribution in [-0.4, -0.2) is 36.6 Å². The molecule has 0 N–H and O–H groups in total. The lowest BCUT2D eigenvalue weighted by Crippen LogP contribution is -2.30. The molecule has 11 heteroatoms. The smallest absolute Gasteiger partial charge is 0.266 e. The number of hydrogen-bond acceptors (Lipinski definition) is 7. The van der Waals surface area contributed by atoms with Gasteiger partial charge in [0.15, 0.2) is 0 Å². The van der Waals surface area contributed by atoms with E-state index >= 15 is 0 Å². The van der Waals surface area contributed by atoms with Gasteiger partial charge < -0.3 is 14.0 Å². The zero-order valence-corrected chi connectivity index (χ0v) is 20.2. The van der Waals surface area contributed by atoms with E-state index in [2.05, 4.69) is 25.3 Å². The Morgan fingerprint density at radius 2 is 1.97 bits per heavy atom. The fourth-order valence-electron chi connectivity index (χ4n) is 3.27. The van der Waals surface area contributed by atoms with Gasteiger partial charge in [0, 0.05) is 46.3 Å². The number of hydrogen-bond donors (Lipinski definition) is 0. The van der Waals surface area contributed by atoms with Gasteiger partial charge >= 0.3 is 0 Å². The summed E-state index contributed by atoms with van der Waals surface area (Å²) in [5.74, 6) is 1.14. The summed E-state index contributed by atoms with van der Waals surface area (Å²) in [6.45, 7) is 0.0273. The van der Waals surface area contributed by atoms with Gasteiger partial charge in [0.1, 0.15) is 17.8 Å². The number of aryl methyl sites for hydroxylation is 1. The topological polar surface area (TPSA) is 86.5 Å². The van der Waals surface area contributed by atoms with Gasteiger partial charge in [-0.2, -0.15) is 4.37 Å². The highest BCUT2D eigenvalue weighted by molar-refractivity contribution is 9.10. The summed E-state index contributed by atoms with van der Waals surface area (Å²) in [6.07, 6.45) is 3.23. The summed E-state index contributed by atoms with van der Waals surface area (Å²) in [5, 5.41) is 1.20. The second kappa shape index (κ2) is 8.48. The number of halogens is 1. The summed E-state index contributed by atoms with van der Waals surface area (Å²) in [7, 11) is 1.02. The first-order valence-electron chi connectivity index (χ1n) is 9.10. The summed E-state index contributed by atoms with van der Waals surface area (Å²) < 4.78 is 46.1. The van der Waals surface area contributed by atoms with Crippen LogP contribution >= 0.6 is 27.5 Å². The molecule has 0 spiro atoms. The average molecular weight is 523 g/mol. The standard InChI is InChI=1S/C20H19BrN4O4S2/c1-24-11-17(21)16-7-6-15(9-18(16)24)31(26,27)25(20-22-12-23-30-20)10-13-4-5-14(28-2)8-19(13)29-3/h4-9,11-12H,10H2,1-3H3. The van der Waals surface area contributed by atoms with Crippen LogP contribution in [0.2, 0.25) is 0 Å². The molecule has 0 aliphatic carbocycles. The molecule has 2 aromatic carbocycles. The molecule has 162 valence electrons. The zero-order chi connectivity index (χ0) is 22.2. The average Bonchev–Trinajstić information content (AvgIpc) is 3.40. The van der Waals surface area contributed by atoms with Crippen molar-refractivity contribution < 1.29 is 17.9 Å². The first-order valence-corrected chi connectivity index (χ1v) is 12.1. The van der Waals surface area contributed by atoms with Crippen LogP contribution in [-0.2, 0) is 23.6 Å². The lowest BCUT2D eigenvalue weighted by Gasteiger charge is -2.23. The number of methoxy groups -OCH3 is 2. The first-order chi connectivity index (χ1) is 14.8. The highest BCUT2D eigenvalue weighted by atomic mass is 79.9. The van der Waals surface area contributed by atoms with E-state index in [0.29, 0.717) is 17.1 Å². The maximum atomic E-state index is 13.7. The molecule has 8 nitrogen and oxygen atoms in total. The van der Waals surface area contributed by atoms with E-state index in [4.69, 9.17) is 9.47 Å². The molecule has 31 heavy (non-hydrogen) atoms. The number of ether oxygens (including phenoxy) is 2. The van der Waals surface area contributed by atoms with Crippen molar-refractivity contribution in [3.8, 4) is 11.5 Å². The highest BCUT2D eigenvalue weighted by Crippen LogP contribution is 2.33. The molecule has 0 amide bonds. The van der Waals surface area contributed by atoms with E-state index in [-0.39, 0.29) is 16.6 Å². The van der Waals surface area contributed by atoms with Crippen LogP contribution in [0.15, 0.2) is 58.3 Å². The molecule has 0 aliphatic heterocycles. The molecule has 0 fully saturated rings. The van der Waals surface area contributed by atoms with Gasteiger partial charge in [0.25, 0.3) is 10.0 Å². The normalized spacial score (nSPS) is 11.6. The zero-order valence-electron chi connectivity index (χ0n) is 16.9. The molecule has 0 radical (unpaired) electrons. The number of benzene rings is 2. The van der Waals surface area contributed by atoms with Crippen molar-refractivity contribution in [3.05, 3.63) is 59.0 Å². The van der Waals surface area contributed by atoms with Crippen LogP contribution in [0.1, 0.15) is 5.56 Å². The molecule has 0 atom stereocenters. The van der Waals surface area contributed by atoms with Crippen molar-refractivity contribution in [1.82, 2.24) is 13.9 Å². The minimum Gasteiger partial charge on any atom is -0.497 e. The predicted molar refractivity (Wildman–Crippen MR) is 123 cm³/mol. The number of rotatable bonds is 7. The van der Waals surface area contributed by atoms with Crippen molar-refractivity contribution in [2.24, 2.45) is 7.05 Å². The highest BCUT2D eigenvalue weighted by Gasteiger charge is 2.29. The van der Waals surface area contributed by atoms with Crippen molar-refractivity contribution in [1.29, 1.82) is 0 Å². The lowest BCUT2D eigenvalue weighted by atomic mass is 10.2. The van der Waals surface area contributed by atoms with Gasteiger partial charge in [0.2, 0.25) is 5.13 Å².